The molecule has 2 aromatic carbocycles. The number of benzene rings is 2. The van der Waals surface area contributed by atoms with Gasteiger partial charge in [-0.3, -0.25) is 0 Å². The summed E-state index contributed by atoms with van der Waals surface area (Å²) in [7, 11) is 0. The zero-order valence-corrected chi connectivity index (χ0v) is 11.3. The lowest BCUT2D eigenvalue weighted by Crippen LogP contribution is -2.04. The van der Waals surface area contributed by atoms with Crippen LogP contribution in [0.3, 0.4) is 0 Å². The number of hydrogen-bond donors (Lipinski definition) is 1. The van der Waals surface area contributed by atoms with Gasteiger partial charge in [-0.25, -0.2) is 4.79 Å². The van der Waals surface area contributed by atoms with E-state index in [4.69, 9.17) is 33.0 Å². The molecule has 0 atom stereocenters. The highest BCUT2D eigenvalue weighted by Crippen LogP contribution is 2.30. The van der Waals surface area contributed by atoms with Crippen LogP contribution in [0, 0.1) is 0 Å². The predicted molar refractivity (Wildman–Crippen MR) is 74.2 cm³/mol. The van der Waals surface area contributed by atoms with Gasteiger partial charge >= 0.3 is 5.97 Å². The molecule has 1 N–H and O–H groups in total. The standard InChI is InChI=1S/C14H10Cl2O3/c15-11-6-2-1-4-9(11)8-19-13-10(14(17)18)5-3-7-12(13)16/h1-7H,8H2,(H,17,18). The molecule has 2 aromatic rings. The summed E-state index contributed by atoms with van der Waals surface area (Å²) in [6.45, 7) is 0.156. The van der Waals surface area contributed by atoms with Gasteiger partial charge in [0.1, 0.15) is 12.2 Å². The van der Waals surface area contributed by atoms with E-state index in [2.05, 4.69) is 0 Å². The van der Waals surface area contributed by atoms with Crippen LogP contribution in [0.2, 0.25) is 10.0 Å². The Bertz CT molecular complexity index is 611. The summed E-state index contributed by atoms with van der Waals surface area (Å²) in [6, 6.07) is 11.8. The molecule has 0 unspecified atom stereocenters. The van der Waals surface area contributed by atoms with Crippen molar-refractivity contribution >= 4 is 29.2 Å². The van der Waals surface area contributed by atoms with Crippen LogP contribution in [0.4, 0.5) is 0 Å². The van der Waals surface area contributed by atoms with E-state index in [9.17, 15) is 4.79 Å². The minimum Gasteiger partial charge on any atom is -0.486 e. The van der Waals surface area contributed by atoms with Gasteiger partial charge in [-0.15, -0.1) is 0 Å². The molecule has 0 bridgehead atoms. The molecule has 0 aromatic heterocycles. The molecule has 0 radical (unpaired) electrons. The number of halogens is 2. The summed E-state index contributed by atoms with van der Waals surface area (Å²) in [6.07, 6.45) is 0. The van der Waals surface area contributed by atoms with Gasteiger partial charge < -0.3 is 9.84 Å². The van der Waals surface area contributed by atoms with Gasteiger partial charge in [-0.1, -0.05) is 47.5 Å². The number of ether oxygens (including phenoxy) is 1. The highest BCUT2D eigenvalue weighted by atomic mass is 35.5. The van der Waals surface area contributed by atoms with Crippen LogP contribution in [0.15, 0.2) is 42.5 Å². The Labute approximate surface area is 120 Å². The zero-order chi connectivity index (χ0) is 13.8. The van der Waals surface area contributed by atoms with E-state index in [1.54, 1.807) is 24.3 Å². The van der Waals surface area contributed by atoms with Crippen LogP contribution in [-0.4, -0.2) is 11.1 Å². The smallest absolute Gasteiger partial charge is 0.339 e. The summed E-state index contributed by atoms with van der Waals surface area (Å²) < 4.78 is 5.50. The first-order valence-electron chi connectivity index (χ1n) is 5.47. The summed E-state index contributed by atoms with van der Waals surface area (Å²) in [4.78, 5) is 11.1. The molecule has 5 heteroatoms. The van der Waals surface area contributed by atoms with Crippen molar-refractivity contribution in [1.29, 1.82) is 0 Å². The molecular formula is C14H10Cl2O3. The summed E-state index contributed by atoms with van der Waals surface area (Å²) >= 11 is 12.0. The van der Waals surface area contributed by atoms with Crippen LogP contribution < -0.4 is 4.74 Å². The van der Waals surface area contributed by atoms with Crippen molar-refractivity contribution in [2.24, 2.45) is 0 Å². The Morgan fingerprint density at radius 2 is 1.74 bits per heavy atom. The molecule has 0 spiro atoms. The first kappa shape index (κ1) is 13.7. The molecule has 19 heavy (non-hydrogen) atoms. The van der Waals surface area contributed by atoms with E-state index >= 15 is 0 Å². The Morgan fingerprint density at radius 3 is 2.42 bits per heavy atom. The van der Waals surface area contributed by atoms with Crippen LogP contribution >= 0.6 is 23.2 Å². The van der Waals surface area contributed by atoms with Crippen molar-refractivity contribution in [2.75, 3.05) is 0 Å². The maximum absolute atomic E-state index is 11.1. The second-order valence-corrected chi connectivity index (χ2v) is 4.62. The molecule has 98 valence electrons. The maximum atomic E-state index is 11.1. The van der Waals surface area contributed by atoms with Gasteiger partial charge in [0.05, 0.1) is 5.02 Å². The third kappa shape index (κ3) is 3.19. The van der Waals surface area contributed by atoms with Gasteiger partial charge in [-0.05, 0) is 18.2 Å². The Morgan fingerprint density at radius 1 is 1.05 bits per heavy atom. The molecule has 0 saturated heterocycles. The van der Waals surface area contributed by atoms with E-state index in [1.165, 1.54) is 6.07 Å². The predicted octanol–water partition coefficient (Wildman–Crippen LogP) is 4.27. The van der Waals surface area contributed by atoms with Crippen molar-refractivity contribution in [3.63, 3.8) is 0 Å². The second-order valence-electron chi connectivity index (χ2n) is 3.80. The van der Waals surface area contributed by atoms with Gasteiger partial charge in [0, 0.05) is 10.6 Å². The monoisotopic (exact) mass is 296 g/mol. The van der Waals surface area contributed by atoms with E-state index < -0.39 is 5.97 Å². The molecule has 0 aliphatic carbocycles. The minimum atomic E-state index is -1.09. The number of rotatable bonds is 4. The van der Waals surface area contributed by atoms with E-state index in [0.717, 1.165) is 5.56 Å². The maximum Gasteiger partial charge on any atom is 0.339 e. The highest BCUT2D eigenvalue weighted by Gasteiger charge is 2.14. The molecule has 2 rings (SSSR count). The largest absolute Gasteiger partial charge is 0.486 e. The average molecular weight is 297 g/mol. The van der Waals surface area contributed by atoms with Crippen molar-refractivity contribution < 1.29 is 14.6 Å². The lowest BCUT2D eigenvalue weighted by atomic mass is 10.2. The van der Waals surface area contributed by atoms with Crippen molar-refractivity contribution in [3.8, 4) is 5.75 Å². The van der Waals surface area contributed by atoms with Gasteiger partial charge in [0.25, 0.3) is 0 Å². The van der Waals surface area contributed by atoms with Crippen LogP contribution in [0.25, 0.3) is 0 Å². The number of carbonyl (C=O) groups is 1. The summed E-state index contributed by atoms with van der Waals surface area (Å²) in [5.41, 5.74) is 0.792. The Balaban J connectivity index is 2.25. The Hall–Kier alpha value is -1.71. The molecular weight excluding hydrogens is 287 g/mol. The van der Waals surface area contributed by atoms with Crippen molar-refractivity contribution in [2.45, 2.75) is 6.61 Å². The fourth-order valence-corrected chi connectivity index (χ4v) is 2.01. The molecule has 0 fully saturated rings. The zero-order valence-electron chi connectivity index (χ0n) is 9.77. The summed E-state index contributed by atoms with van der Waals surface area (Å²) in [5.74, 6) is -0.937. The lowest BCUT2D eigenvalue weighted by Gasteiger charge is -2.11. The highest BCUT2D eigenvalue weighted by molar-refractivity contribution is 6.32. The summed E-state index contributed by atoms with van der Waals surface area (Å²) in [5, 5.41) is 9.90. The third-order valence-electron chi connectivity index (χ3n) is 2.53. The number of para-hydroxylation sites is 1. The molecule has 3 nitrogen and oxygen atoms in total. The molecule has 0 saturated carbocycles. The van der Waals surface area contributed by atoms with Gasteiger partial charge in [0.2, 0.25) is 0 Å². The quantitative estimate of drug-likeness (QED) is 0.916. The molecule has 0 aliphatic rings. The average Bonchev–Trinajstić information content (AvgIpc) is 2.38. The molecule has 0 aliphatic heterocycles. The number of aromatic carboxylic acids is 1. The molecule has 0 amide bonds. The van der Waals surface area contributed by atoms with Crippen LogP contribution in [-0.2, 0) is 6.61 Å². The number of carboxylic acids is 1. The first-order chi connectivity index (χ1) is 9.09. The SMILES string of the molecule is O=C(O)c1cccc(Cl)c1OCc1ccccc1Cl. The minimum absolute atomic E-state index is 0.0274. The van der Waals surface area contributed by atoms with E-state index in [-0.39, 0.29) is 22.9 Å². The fraction of sp³-hybridized carbons (Fsp3) is 0.0714. The normalized spacial score (nSPS) is 10.2. The third-order valence-corrected chi connectivity index (χ3v) is 3.19. The number of carboxylic acid groups (broad SMARTS) is 1. The molecule has 0 heterocycles. The van der Waals surface area contributed by atoms with E-state index in [0.29, 0.717) is 5.02 Å². The fourth-order valence-electron chi connectivity index (χ4n) is 1.59. The first-order valence-corrected chi connectivity index (χ1v) is 6.23. The topological polar surface area (TPSA) is 46.5 Å². The number of hydrogen-bond acceptors (Lipinski definition) is 2. The van der Waals surface area contributed by atoms with Crippen LogP contribution in [0.5, 0.6) is 5.75 Å². The van der Waals surface area contributed by atoms with Crippen LogP contribution in [0.1, 0.15) is 15.9 Å². The lowest BCUT2D eigenvalue weighted by molar-refractivity contribution is 0.0692. The van der Waals surface area contributed by atoms with Crippen molar-refractivity contribution in [3.05, 3.63) is 63.6 Å². The van der Waals surface area contributed by atoms with Gasteiger partial charge in [0.15, 0.2) is 5.75 Å². The Kier molecular flexibility index (Phi) is 4.30. The van der Waals surface area contributed by atoms with E-state index in [1.807, 2.05) is 12.1 Å². The second kappa shape index (κ2) is 5.95. The van der Waals surface area contributed by atoms with Crippen molar-refractivity contribution in [1.82, 2.24) is 0 Å². The van der Waals surface area contributed by atoms with Gasteiger partial charge in [-0.2, -0.15) is 0 Å².